The van der Waals surface area contributed by atoms with Crippen LogP contribution in [0.2, 0.25) is 0 Å². The summed E-state index contributed by atoms with van der Waals surface area (Å²) in [4.78, 5) is 125. The second-order valence-corrected chi connectivity index (χ2v) is 38.8. The predicted octanol–water partition coefficient (Wildman–Crippen LogP) is 19.4. The number of carboxylic acid groups (broad SMARTS) is 1. The van der Waals surface area contributed by atoms with Crippen LogP contribution in [0.4, 0.5) is 0 Å². The van der Waals surface area contributed by atoms with Gasteiger partial charge in [0.25, 0.3) is 16.7 Å². The van der Waals surface area contributed by atoms with Crippen LogP contribution in [-0.4, -0.2) is 77.1 Å². The molecule has 4 aliphatic carbocycles. The SMILES string of the molecule is BrC1CCC1.BrCCBr.Cc1c(Br)sc2c1c(=O)n(C(C)(C)C(=O)OC(C)(C)C)c(=O)n2CCc1ccccc1.Cc1c(C2CCC2)sc2c1c(=O)n(C(C)(C)C(=O)O)c(=O)n2CCc1ccccc1.Cc1c(C2CCC2)sc2c1c(=O)n(C(C)(C)C(=O)OC(C)(C)C)c(=O)n2CCc1ccccc1.[CH-]1CCC1.[Cl][Zn+]. The van der Waals surface area contributed by atoms with Crippen LogP contribution in [-0.2, 0) is 96.7 Å². The number of aryl methyl sites for hydroxylation is 9. The van der Waals surface area contributed by atoms with Gasteiger partial charge in [-0.25, -0.2) is 42.5 Å². The molecule has 0 bridgehead atoms. The Hall–Kier alpha value is -5.18. The zero-order valence-electron chi connectivity index (χ0n) is 66.1. The van der Waals surface area contributed by atoms with Gasteiger partial charge in [0.1, 0.15) is 42.3 Å². The van der Waals surface area contributed by atoms with Crippen molar-refractivity contribution in [3.8, 4) is 0 Å². The number of carboxylic acids is 1. The summed E-state index contributed by atoms with van der Waals surface area (Å²) in [6.45, 7) is 26.6. The van der Waals surface area contributed by atoms with Crippen molar-refractivity contribution < 1.29 is 46.3 Å². The number of hydrogen-bond acceptors (Lipinski definition) is 14. The van der Waals surface area contributed by atoms with Crippen molar-refractivity contribution in [2.24, 2.45) is 0 Å². The van der Waals surface area contributed by atoms with Crippen molar-refractivity contribution in [1.82, 2.24) is 27.4 Å². The Bertz CT molecular complexity index is 5020. The van der Waals surface area contributed by atoms with Crippen LogP contribution >= 0.6 is 107 Å². The van der Waals surface area contributed by atoms with Crippen molar-refractivity contribution >= 4 is 156 Å². The van der Waals surface area contributed by atoms with E-state index in [1.54, 1.807) is 94.3 Å². The molecule has 13 rings (SSSR count). The van der Waals surface area contributed by atoms with Gasteiger partial charge >= 0.3 is 62.0 Å². The summed E-state index contributed by atoms with van der Waals surface area (Å²) in [6, 6.07) is 29.7. The molecule has 0 spiro atoms. The number of hydrogen-bond donors (Lipinski definition) is 1. The molecule has 3 aromatic carbocycles. The molecule has 0 atom stereocenters. The van der Waals surface area contributed by atoms with E-state index in [4.69, 9.17) is 19.2 Å². The van der Waals surface area contributed by atoms with Gasteiger partial charge in [0.15, 0.2) is 0 Å². The van der Waals surface area contributed by atoms with E-state index in [2.05, 4.69) is 70.1 Å². The zero-order valence-corrected chi connectivity index (χ0v) is 78.6. The minimum absolute atomic E-state index is 0.385. The molecule has 0 aliphatic heterocycles. The Morgan fingerprint density at radius 3 is 0.991 bits per heavy atom. The third-order valence-corrected chi connectivity index (χ3v) is 27.8. The van der Waals surface area contributed by atoms with Gasteiger partial charge in [-0.15, -0.1) is 40.4 Å². The molecule has 0 radical (unpaired) electrons. The third-order valence-electron chi connectivity index (χ3n) is 19.9. The maximum atomic E-state index is 13.8. The van der Waals surface area contributed by atoms with Crippen LogP contribution in [0.15, 0.2) is 124 Å². The molecule has 6 aromatic heterocycles. The van der Waals surface area contributed by atoms with Gasteiger partial charge in [-0.1, -0.05) is 158 Å². The second-order valence-electron chi connectivity index (χ2n) is 31.5. The third kappa shape index (κ3) is 22.3. The molecule has 4 aliphatic rings. The van der Waals surface area contributed by atoms with Crippen molar-refractivity contribution in [2.75, 3.05) is 10.7 Å². The molecule has 1 N–H and O–H groups in total. The van der Waals surface area contributed by atoms with Crippen LogP contribution in [0, 0.1) is 27.2 Å². The normalized spacial score (nSPS) is 14.5. The van der Waals surface area contributed by atoms with E-state index in [0.717, 1.165) is 114 Å². The number of ether oxygens (including phenoxy) is 2. The Balaban J connectivity index is 0.000000209. The van der Waals surface area contributed by atoms with Crippen molar-refractivity contribution in [3.63, 3.8) is 0 Å². The molecule has 9 aromatic rings. The molecule has 0 amide bonds. The summed E-state index contributed by atoms with van der Waals surface area (Å²) in [6.07, 6.45) is 19.4. The number of aromatic nitrogens is 6. The summed E-state index contributed by atoms with van der Waals surface area (Å²) >= 11 is 18.7. The predicted molar refractivity (Wildman–Crippen MR) is 462 cm³/mol. The fourth-order valence-corrected chi connectivity index (χ4v) is 17.9. The first-order valence-electron chi connectivity index (χ1n) is 37.5. The van der Waals surface area contributed by atoms with E-state index in [0.29, 0.717) is 81.4 Å². The Labute approximate surface area is 705 Å². The zero-order chi connectivity index (χ0) is 81.5. The number of esters is 2. The number of carbonyl (C=O) groups excluding carboxylic acids is 2. The van der Waals surface area contributed by atoms with E-state index >= 15 is 0 Å². The fraction of sp³-hybridized carbons (Fsp3) is 0.518. The van der Waals surface area contributed by atoms with E-state index in [1.807, 2.05) is 112 Å². The molecule has 6 heterocycles. The van der Waals surface area contributed by atoms with Crippen LogP contribution in [0.3, 0.4) is 0 Å². The summed E-state index contributed by atoms with van der Waals surface area (Å²) in [5, 5.41) is 13.3. The van der Waals surface area contributed by atoms with Crippen molar-refractivity contribution in [3.05, 3.63) is 207 Å². The number of thiophene rings is 3. The molecule has 110 heavy (non-hydrogen) atoms. The topological polar surface area (TPSA) is 222 Å². The van der Waals surface area contributed by atoms with Crippen LogP contribution in [0.25, 0.3) is 30.6 Å². The van der Waals surface area contributed by atoms with E-state index < -0.39 is 79.5 Å². The number of nitrogens with zero attached hydrogens (tertiary/aromatic N) is 6. The van der Waals surface area contributed by atoms with Crippen molar-refractivity contribution in [1.29, 1.82) is 0 Å². The number of alkyl halides is 3. The second kappa shape index (κ2) is 40.4. The van der Waals surface area contributed by atoms with E-state index in [1.165, 1.54) is 92.8 Å². The molecule has 27 heteroatoms. The van der Waals surface area contributed by atoms with Gasteiger partial charge in [-0.05, 0) is 223 Å². The minimum atomic E-state index is -1.64. The summed E-state index contributed by atoms with van der Waals surface area (Å²) < 4.78 is 19.9. The monoisotopic (exact) mass is 1890 g/mol. The van der Waals surface area contributed by atoms with Crippen LogP contribution < -0.4 is 33.7 Å². The Morgan fingerprint density at radius 2 is 0.755 bits per heavy atom. The first-order chi connectivity index (χ1) is 51.8. The number of fused-ring (bicyclic) bond motifs is 3. The molecule has 18 nitrogen and oxygen atoms in total. The standard InChI is InChI=1S/C27H34N2O4S.C23H27BrN2O4S.C23H26N2O4S.C4H7Br.C4H7.C2H4Br2.ClH.Zn/c1-17-20-22(30)29(27(5,6)24(31)33-26(2,3)4)25(32)28(16-15-18-11-8-7-9-12-18)23(20)34-21(17)19-13-10-14-19;1-14-16-18(27)26(23(5,6)20(28)30-22(2,3)4)21(29)25(19(16)31-17(14)24)13-12-15-10-8-7-9-11-15;1-14-17-19(26)25(23(2,3)21(27)28)22(29)24(13-12-15-8-5-4-6-9-15)20(17)30-18(14)16-10-7-11-16;5-4-2-1-3-4;1-2-4-3-1;3-1-2-4;;/h7-9,11-12,19H,10,13-16H2,1-6H3;7-11H,12-13H2,1-6H3;4-6,8-9,16H,7,10-13H2,1-3H3,(H,27,28);4H,1-3H2;1H,2-4H2;1-2H2;1H;/q;;;;-1;;;+2/p-1. The molecule has 0 saturated heterocycles. The van der Waals surface area contributed by atoms with Gasteiger partial charge in [-0.2, -0.15) is 12.8 Å². The molecule has 4 fully saturated rings. The first-order valence-corrected chi connectivity index (χ1v) is 47.8. The van der Waals surface area contributed by atoms with Crippen LogP contribution in [0.5, 0.6) is 0 Å². The summed E-state index contributed by atoms with van der Waals surface area (Å²) in [5.74, 6) is -1.55. The van der Waals surface area contributed by atoms with Gasteiger partial charge < -0.3 is 21.0 Å². The number of rotatable bonds is 18. The van der Waals surface area contributed by atoms with E-state index in [9.17, 15) is 48.3 Å². The molecule has 0 unspecified atom stereocenters. The van der Waals surface area contributed by atoms with E-state index in [-0.39, 0.29) is 0 Å². The fourth-order valence-electron chi connectivity index (χ4n) is 12.5. The first kappa shape index (κ1) is 92.0. The molecular formula is C83H105Br4ClN6O12S3Zn. The molecular weight excluding hydrogens is 1790 g/mol. The average molecular weight is 1900 g/mol. The van der Waals surface area contributed by atoms with Gasteiger partial charge in [0.2, 0.25) is 0 Å². The van der Waals surface area contributed by atoms with Gasteiger partial charge in [-0.3, -0.25) is 28.1 Å². The maximum absolute atomic E-state index is 13.8. The summed E-state index contributed by atoms with van der Waals surface area (Å²) in [7, 11) is 4.76. The van der Waals surface area contributed by atoms with Gasteiger partial charge in [0.05, 0.1) is 19.9 Å². The Kier molecular flexibility index (Phi) is 33.8. The quantitative estimate of drug-likeness (QED) is 0.0367. The Morgan fingerprint density at radius 1 is 0.482 bits per heavy atom. The van der Waals surface area contributed by atoms with Crippen molar-refractivity contribution in [2.45, 2.75) is 264 Å². The molecule has 4 saturated carbocycles. The summed E-state index contributed by atoms with van der Waals surface area (Å²) in [5.41, 5.74) is -3.09. The van der Waals surface area contributed by atoms with Gasteiger partial charge in [0, 0.05) is 44.9 Å². The number of benzene rings is 3. The van der Waals surface area contributed by atoms with Crippen LogP contribution in [0.1, 0.15) is 215 Å². The number of aliphatic carboxylic acids is 1. The number of halogens is 5. The average Bonchev–Trinajstić information content (AvgIpc) is 1.54. The molecule has 594 valence electrons. The number of carbonyl (C=O) groups is 3.